The molecule has 0 spiro atoms. The molecule has 0 aliphatic carbocycles. The molecule has 0 aromatic carbocycles. The van der Waals surface area contributed by atoms with Crippen molar-refractivity contribution in [2.75, 3.05) is 25.2 Å². The fraction of sp³-hybridized carbons (Fsp3) is 0.800. The monoisotopic (exact) mass is 265 g/mol. The normalized spacial score (nSPS) is 14.1. The van der Waals surface area contributed by atoms with Crippen LogP contribution >= 0.6 is 11.8 Å². The van der Waals surface area contributed by atoms with Crippen LogP contribution in [0.2, 0.25) is 0 Å². The number of carboxylic acids is 1. The van der Waals surface area contributed by atoms with Crippen LogP contribution in [0.4, 0.5) is 0 Å². The maximum Gasteiger partial charge on any atom is 0.326 e. The molecule has 17 heavy (non-hydrogen) atoms. The highest BCUT2D eigenvalue weighted by atomic mass is 32.2. The average Bonchev–Trinajstić information content (AvgIpc) is 2.22. The second kappa shape index (κ2) is 9.26. The zero-order valence-electron chi connectivity index (χ0n) is 10.0. The lowest BCUT2D eigenvalue weighted by Gasteiger charge is -2.13. The highest BCUT2D eigenvalue weighted by Crippen LogP contribution is 2.07. The van der Waals surface area contributed by atoms with Gasteiger partial charge in [-0.1, -0.05) is 0 Å². The summed E-state index contributed by atoms with van der Waals surface area (Å²) in [5, 5.41) is 20.5. The smallest absolute Gasteiger partial charge is 0.326 e. The first kappa shape index (κ1) is 16.2. The zero-order chi connectivity index (χ0) is 13.3. The van der Waals surface area contributed by atoms with Crippen LogP contribution in [0.1, 0.15) is 13.3 Å². The molecule has 1 amide bonds. The van der Waals surface area contributed by atoms with Gasteiger partial charge in [0.05, 0.1) is 12.7 Å². The number of amides is 1. The predicted molar refractivity (Wildman–Crippen MR) is 65.1 cm³/mol. The first-order valence-corrected chi connectivity index (χ1v) is 6.37. The van der Waals surface area contributed by atoms with Gasteiger partial charge in [-0.3, -0.25) is 4.79 Å². The lowest BCUT2D eigenvalue weighted by Crippen LogP contribution is -2.40. The molecule has 6 nitrogen and oxygen atoms in total. The Morgan fingerprint density at radius 3 is 2.59 bits per heavy atom. The molecule has 0 bridgehead atoms. The summed E-state index contributed by atoms with van der Waals surface area (Å²) in [7, 11) is 1.51. The van der Waals surface area contributed by atoms with Crippen LogP contribution < -0.4 is 5.32 Å². The van der Waals surface area contributed by atoms with Crippen molar-refractivity contribution in [1.29, 1.82) is 0 Å². The van der Waals surface area contributed by atoms with E-state index in [-0.39, 0.29) is 12.5 Å². The van der Waals surface area contributed by atoms with E-state index in [0.29, 0.717) is 17.9 Å². The summed E-state index contributed by atoms with van der Waals surface area (Å²) in [5.74, 6) is -0.363. The Balaban J connectivity index is 3.75. The number of methoxy groups -OCH3 is 1. The van der Waals surface area contributed by atoms with Gasteiger partial charge in [-0.25, -0.2) is 4.79 Å². The van der Waals surface area contributed by atoms with Gasteiger partial charge < -0.3 is 20.3 Å². The van der Waals surface area contributed by atoms with E-state index in [1.807, 2.05) is 0 Å². The summed E-state index contributed by atoms with van der Waals surface area (Å²) in [6, 6.07) is -0.862. The highest BCUT2D eigenvalue weighted by Gasteiger charge is 2.17. The Morgan fingerprint density at radius 1 is 1.47 bits per heavy atom. The fourth-order valence-electron chi connectivity index (χ4n) is 1.16. The van der Waals surface area contributed by atoms with E-state index in [4.69, 9.17) is 9.84 Å². The second-order valence-corrected chi connectivity index (χ2v) is 4.71. The van der Waals surface area contributed by atoms with Crippen LogP contribution in [0.5, 0.6) is 0 Å². The summed E-state index contributed by atoms with van der Waals surface area (Å²) < 4.78 is 4.76. The number of hydrogen-bond acceptors (Lipinski definition) is 5. The molecule has 0 rings (SSSR count). The van der Waals surface area contributed by atoms with Crippen LogP contribution in [-0.4, -0.2) is 59.5 Å². The first-order valence-electron chi connectivity index (χ1n) is 5.22. The van der Waals surface area contributed by atoms with Gasteiger partial charge in [0.2, 0.25) is 5.91 Å². The van der Waals surface area contributed by atoms with Gasteiger partial charge >= 0.3 is 5.97 Å². The third-order valence-electron chi connectivity index (χ3n) is 1.90. The Kier molecular flexibility index (Phi) is 8.83. The molecule has 0 aromatic rings. The Hall–Kier alpha value is -0.790. The summed E-state index contributed by atoms with van der Waals surface area (Å²) in [6.07, 6.45) is -0.215. The van der Waals surface area contributed by atoms with Crippen LogP contribution in [0.3, 0.4) is 0 Å². The van der Waals surface area contributed by atoms with Crippen molar-refractivity contribution in [3.05, 3.63) is 0 Å². The van der Waals surface area contributed by atoms with Crippen molar-refractivity contribution in [2.45, 2.75) is 25.5 Å². The molecule has 2 unspecified atom stereocenters. The van der Waals surface area contributed by atoms with Gasteiger partial charge in [0.25, 0.3) is 0 Å². The molecular weight excluding hydrogens is 246 g/mol. The number of nitrogens with one attached hydrogen (secondary N) is 1. The number of carbonyl (C=O) groups excluding carboxylic acids is 1. The lowest BCUT2D eigenvalue weighted by atomic mass is 10.2. The molecule has 7 heteroatoms. The minimum Gasteiger partial charge on any atom is -0.480 e. The van der Waals surface area contributed by atoms with Crippen molar-refractivity contribution in [1.82, 2.24) is 5.32 Å². The Labute approximate surface area is 105 Å². The maximum atomic E-state index is 10.8. The SMILES string of the molecule is COCC(O)CSCCC(NC(C)=O)C(=O)O. The molecule has 0 aromatic heterocycles. The van der Waals surface area contributed by atoms with Crippen LogP contribution in [0.15, 0.2) is 0 Å². The topological polar surface area (TPSA) is 95.9 Å². The van der Waals surface area contributed by atoms with Gasteiger partial charge in [-0.05, 0) is 12.2 Å². The van der Waals surface area contributed by atoms with E-state index in [2.05, 4.69) is 5.32 Å². The highest BCUT2D eigenvalue weighted by molar-refractivity contribution is 7.99. The number of hydrogen-bond donors (Lipinski definition) is 3. The second-order valence-electron chi connectivity index (χ2n) is 3.56. The quantitative estimate of drug-likeness (QED) is 0.496. The zero-order valence-corrected chi connectivity index (χ0v) is 10.8. The molecule has 0 aliphatic rings. The lowest BCUT2D eigenvalue weighted by molar-refractivity contribution is -0.141. The molecule has 0 saturated carbocycles. The van der Waals surface area contributed by atoms with Crippen LogP contribution in [0.25, 0.3) is 0 Å². The van der Waals surface area contributed by atoms with E-state index in [1.165, 1.54) is 25.8 Å². The van der Waals surface area contributed by atoms with Gasteiger partial charge in [0.1, 0.15) is 6.04 Å². The molecule has 100 valence electrons. The van der Waals surface area contributed by atoms with Crippen molar-refractivity contribution < 1.29 is 24.5 Å². The summed E-state index contributed by atoms with van der Waals surface area (Å²) in [4.78, 5) is 21.5. The molecule has 0 heterocycles. The molecule has 3 N–H and O–H groups in total. The minimum absolute atomic E-state index is 0.265. The standard InChI is InChI=1S/C10H19NO5S/c1-7(12)11-9(10(14)15)3-4-17-6-8(13)5-16-2/h8-9,13H,3-6H2,1-2H3,(H,11,12)(H,14,15). The van der Waals surface area contributed by atoms with Gasteiger partial charge in [-0.15, -0.1) is 0 Å². The van der Waals surface area contributed by atoms with Crippen molar-refractivity contribution in [2.24, 2.45) is 0 Å². The van der Waals surface area contributed by atoms with E-state index < -0.39 is 18.1 Å². The third kappa shape index (κ3) is 8.96. The summed E-state index contributed by atoms with van der Waals surface area (Å²) in [5.41, 5.74) is 0. The van der Waals surface area contributed by atoms with Crippen molar-refractivity contribution in [3.63, 3.8) is 0 Å². The van der Waals surface area contributed by atoms with Crippen molar-refractivity contribution in [3.8, 4) is 0 Å². The number of rotatable bonds is 9. The average molecular weight is 265 g/mol. The number of carboxylic acid groups (broad SMARTS) is 1. The van der Waals surface area contributed by atoms with Gasteiger partial charge in [0, 0.05) is 19.8 Å². The molecule has 0 saturated heterocycles. The van der Waals surface area contributed by atoms with Crippen LogP contribution in [-0.2, 0) is 14.3 Å². The number of ether oxygens (including phenoxy) is 1. The molecule has 0 radical (unpaired) electrons. The van der Waals surface area contributed by atoms with Gasteiger partial charge in [0.15, 0.2) is 0 Å². The van der Waals surface area contributed by atoms with E-state index in [1.54, 1.807) is 0 Å². The number of thioether (sulfide) groups is 1. The summed E-state index contributed by atoms with van der Waals surface area (Å²) in [6.45, 7) is 1.55. The number of aliphatic hydroxyl groups is 1. The van der Waals surface area contributed by atoms with E-state index >= 15 is 0 Å². The summed E-state index contributed by atoms with van der Waals surface area (Å²) >= 11 is 1.43. The number of carbonyl (C=O) groups is 2. The first-order chi connectivity index (χ1) is 7.97. The number of aliphatic hydroxyl groups excluding tert-OH is 1. The maximum absolute atomic E-state index is 10.8. The predicted octanol–water partition coefficient (Wildman–Crippen LogP) is -0.294. The third-order valence-corrected chi connectivity index (χ3v) is 3.04. The largest absolute Gasteiger partial charge is 0.480 e. The molecule has 0 fully saturated rings. The fourth-order valence-corrected chi connectivity index (χ4v) is 2.10. The Morgan fingerprint density at radius 2 is 2.12 bits per heavy atom. The Bertz CT molecular complexity index is 249. The minimum atomic E-state index is -1.04. The number of aliphatic carboxylic acids is 1. The molecular formula is C10H19NO5S. The van der Waals surface area contributed by atoms with E-state index in [9.17, 15) is 14.7 Å². The molecule has 2 atom stereocenters. The van der Waals surface area contributed by atoms with Crippen LogP contribution in [0, 0.1) is 0 Å². The van der Waals surface area contributed by atoms with Crippen molar-refractivity contribution >= 4 is 23.6 Å². The van der Waals surface area contributed by atoms with Gasteiger partial charge in [-0.2, -0.15) is 11.8 Å². The van der Waals surface area contributed by atoms with E-state index in [0.717, 1.165) is 0 Å². The molecule has 0 aliphatic heterocycles.